The molecule has 0 aliphatic rings. The summed E-state index contributed by atoms with van der Waals surface area (Å²) in [5.41, 5.74) is -0.687. The summed E-state index contributed by atoms with van der Waals surface area (Å²) in [5, 5.41) is 8.76. The van der Waals surface area contributed by atoms with Crippen LogP contribution in [-0.2, 0) is 0 Å². The van der Waals surface area contributed by atoms with Crippen molar-refractivity contribution in [1.29, 1.82) is 5.26 Å². The molecule has 0 spiro atoms. The summed E-state index contributed by atoms with van der Waals surface area (Å²) in [7, 11) is 0. The molecule has 0 unspecified atom stereocenters. The number of H-pyrrole nitrogens is 1. The molecular weight excluding hydrogens is 333 g/mol. The van der Waals surface area contributed by atoms with Gasteiger partial charge in [0, 0.05) is 9.77 Å². The van der Waals surface area contributed by atoms with Crippen LogP contribution >= 0.6 is 22.6 Å². The Kier molecular flexibility index (Phi) is 3.10. The molecule has 6 heteroatoms. The van der Waals surface area contributed by atoms with Gasteiger partial charge in [-0.15, -0.1) is 0 Å². The second-order valence-corrected chi connectivity index (χ2v) is 4.40. The highest BCUT2D eigenvalue weighted by Gasteiger charge is 2.07. The van der Waals surface area contributed by atoms with Crippen molar-refractivity contribution in [3.63, 3.8) is 0 Å². The number of para-hydroxylation sites is 1. The van der Waals surface area contributed by atoms with E-state index in [2.05, 4.69) is 27.6 Å². The Balaban J connectivity index is 2.78. The molecule has 17 heavy (non-hydrogen) atoms. The van der Waals surface area contributed by atoms with Gasteiger partial charge in [0.1, 0.15) is 11.6 Å². The van der Waals surface area contributed by atoms with E-state index in [0.717, 1.165) is 3.57 Å². The molecule has 0 aliphatic carbocycles. The van der Waals surface area contributed by atoms with E-state index in [1.807, 2.05) is 12.1 Å². The predicted molar refractivity (Wildman–Crippen MR) is 70.1 cm³/mol. The number of halogens is 1. The lowest BCUT2D eigenvalue weighted by Gasteiger charge is -2.06. The molecule has 0 atom stereocenters. The van der Waals surface area contributed by atoms with Gasteiger partial charge >= 0.3 is 5.69 Å². The SMILES string of the molecule is N#Cc1cn(-c2ccccc2I)c(=O)[nH]c1=O. The number of benzene rings is 1. The van der Waals surface area contributed by atoms with Gasteiger partial charge in [0.25, 0.3) is 5.56 Å². The topological polar surface area (TPSA) is 78.7 Å². The van der Waals surface area contributed by atoms with E-state index >= 15 is 0 Å². The maximum absolute atomic E-state index is 11.7. The average molecular weight is 339 g/mol. The lowest BCUT2D eigenvalue weighted by Crippen LogP contribution is -2.30. The van der Waals surface area contributed by atoms with Gasteiger partial charge in [-0.25, -0.2) is 4.79 Å². The Hall–Kier alpha value is -1.88. The second-order valence-electron chi connectivity index (χ2n) is 3.24. The molecule has 0 saturated heterocycles. The Labute approximate surface area is 109 Å². The van der Waals surface area contributed by atoms with Crippen molar-refractivity contribution in [2.24, 2.45) is 0 Å². The van der Waals surface area contributed by atoms with Gasteiger partial charge in [-0.1, -0.05) is 12.1 Å². The van der Waals surface area contributed by atoms with E-state index in [9.17, 15) is 9.59 Å². The highest BCUT2D eigenvalue weighted by Crippen LogP contribution is 2.14. The molecule has 1 aromatic heterocycles. The van der Waals surface area contributed by atoms with Gasteiger partial charge in [-0.3, -0.25) is 14.3 Å². The summed E-state index contributed by atoms with van der Waals surface area (Å²) in [5.74, 6) is 0. The Bertz CT molecular complexity index is 724. The standard InChI is InChI=1S/C11H6IN3O2/c12-8-3-1-2-4-9(8)15-6-7(5-13)10(16)14-11(15)17/h1-4,6H,(H,14,16,17). The molecule has 1 heterocycles. The first-order valence-corrected chi connectivity index (χ1v) is 5.72. The van der Waals surface area contributed by atoms with Gasteiger partial charge in [0.15, 0.2) is 0 Å². The van der Waals surface area contributed by atoms with Gasteiger partial charge < -0.3 is 0 Å². The zero-order chi connectivity index (χ0) is 12.4. The van der Waals surface area contributed by atoms with E-state index in [1.165, 1.54) is 10.8 Å². The third-order valence-corrected chi connectivity index (χ3v) is 3.09. The molecule has 1 N–H and O–H groups in total. The van der Waals surface area contributed by atoms with Crippen LogP contribution in [-0.4, -0.2) is 9.55 Å². The van der Waals surface area contributed by atoms with Crippen molar-refractivity contribution in [2.75, 3.05) is 0 Å². The summed E-state index contributed by atoms with van der Waals surface area (Å²) in [6.07, 6.45) is 1.25. The van der Waals surface area contributed by atoms with Gasteiger partial charge in [-0.05, 0) is 34.7 Å². The number of hydrogen-bond donors (Lipinski definition) is 1. The Morgan fingerprint density at radius 2 is 2.00 bits per heavy atom. The van der Waals surface area contributed by atoms with Gasteiger partial charge in [-0.2, -0.15) is 5.26 Å². The second kappa shape index (κ2) is 4.55. The summed E-state index contributed by atoms with van der Waals surface area (Å²) in [6.45, 7) is 0. The number of aromatic nitrogens is 2. The maximum Gasteiger partial charge on any atom is 0.333 e. The molecule has 2 aromatic rings. The summed E-state index contributed by atoms with van der Waals surface area (Å²) >= 11 is 2.08. The fraction of sp³-hybridized carbons (Fsp3) is 0. The van der Waals surface area contributed by atoms with Crippen LogP contribution in [0.15, 0.2) is 40.1 Å². The third-order valence-electron chi connectivity index (χ3n) is 2.17. The lowest BCUT2D eigenvalue weighted by molar-refractivity contribution is 0.885. The van der Waals surface area contributed by atoms with Gasteiger partial charge in [0.05, 0.1) is 5.69 Å². The van der Waals surface area contributed by atoms with Crippen molar-refractivity contribution in [2.45, 2.75) is 0 Å². The van der Waals surface area contributed by atoms with Crippen molar-refractivity contribution in [1.82, 2.24) is 9.55 Å². The molecule has 0 fully saturated rings. The van der Waals surface area contributed by atoms with Crippen molar-refractivity contribution >= 4 is 22.6 Å². The van der Waals surface area contributed by atoms with E-state index in [1.54, 1.807) is 18.2 Å². The molecule has 0 amide bonds. The van der Waals surface area contributed by atoms with Crippen LogP contribution in [0.25, 0.3) is 5.69 Å². The molecule has 5 nitrogen and oxygen atoms in total. The molecule has 84 valence electrons. The largest absolute Gasteiger partial charge is 0.333 e. The number of rotatable bonds is 1. The monoisotopic (exact) mass is 339 g/mol. The quantitative estimate of drug-likeness (QED) is 0.788. The number of nitrogens with zero attached hydrogens (tertiary/aromatic N) is 2. The Morgan fingerprint density at radius 1 is 1.29 bits per heavy atom. The zero-order valence-electron chi connectivity index (χ0n) is 8.48. The highest BCUT2D eigenvalue weighted by atomic mass is 127. The first-order chi connectivity index (χ1) is 8.13. The number of aromatic amines is 1. The van der Waals surface area contributed by atoms with Crippen LogP contribution in [0.2, 0.25) is 0 Å². The molecule has 2 rings (SSSR count). The Morgan fingerprint density at radius 3 is 2.65 bits per heavy atom. The van der Waals surface area contributed by atoms with E-state index < -0.39 is 11.2 Å². The molecule has 0 bridgehead atoms. The molecule has 0 radical (unpaired) electrons. The lowest BCUT2D eigenvalue weighted by atomic mass is 10.3. The van der Waals surface area contributed by atoms with E-state index in [4.69, 9.17) is 5.26 Å². The molecule has 1 aromatic carbocycles. The first-order valence-electron chi connectivity index (χ1n) is 4.64. The molecule has 0 aliphatic heterocycles. The highest BCUT2D eigenvalue weighted by molar-refractivity contribution is 14.1. The summed E-state index contributed by atoms with van der Waals surface area (Å²) < 4.78 is 2.10. The van der Waals surface area contributed by atoms with Gasteiger partial charge in [0.2, 0.25) is 0 Å². The minimum atomic E-state index is -0.667. The molecular formula is C11H6IN3O2. The van der Waals surface area contributed by atoms with Crippen LogP contribution in [0.3, 0.4) is 0 Å². The third kappa shape index (κ3) is 2.14. The van der Waals surface area contributed by atoms with Crippen molar-refractivity contribution < 1.29 is 0 Å². The fourth-order valence-electron chi connectivity index (χ4n) is 1.38. The van der Waals surface area contributed by atoms with Crippen LogP contribution < -0.4 is 11.2 Å². The smallest absolute Gasteiger partial charge is 0.273 e. The number of nitriles is 1. The summed E-state index contributed by atoms with van der Waals surface area (Å²) in [6, 6.07) is 8.94. The van der Waals surface area contributed by atoms with Crippen LogP contribution in [0.1, 0.15) is 5.56 Å². The normalized spacial score (nSPS) is 9.88. The van der Waals surface area contributed by atoms with E-state index in [-0.39, 0.29) is 5.56 Å². The van der Waals surface area contributed by atoms with Crippen molar-refractivity contribution in [3.05, 3.63) is 60.4 Å². The zero-order valence-corrected chi connectivity index (χ0v) is 10.6. The number of hydrogen-bond acceptors (Lipinski definition) is 3. The minimum Gasteiger partial charge on any atom is -0.273 e. The van der Waals surface area contributed by atoms with Crippen molar-refractivity contribution in [3.8, 4) is 11.8 Å². The number of nitrogens with one attached hydrogen (secondary N) is 1. The maximum atomic E-state index is 11.7. The fourth-order valence-corrected chi connectivity index (χ4v) is 2.02. The summed E-state index contributed by atoms with van der Waals surface area (Å²) in [4.78, 5) is 25.0. The van der Waals surface area contributed by atoms with Crippen LogP contribution in [0, 0.1) is 14.9 Å². The van der Waals surface area contributed by atoms with E-state index in [0.29, 0.717) is 5.69 Å². The first kappa shape index (κ1) is 11.6. The average Bonchev–Trinajstić information content (AvgIpc) is 2.31. The molecule has 0 saturated carbocycles. The minimum absolute atomic E-state index is 0.0933. The predicted octanol–water partition coefficient (Wildman–Crippen LogP) is 1.00. The van der Waals surface area contributed by atoms with Crippen LogP contribution in [0.4, 0.5) is 0 Å². The van der Waals surface area contributed by atoms with Crippen LogP contribution in [0.5, 0.6) is 0 Å².